The van der Waals surface area contributed by atoms with Crippen LogP contribution in [0.2, 0.25) is 0 Å². The fourth-order valence-corrected chi connectivity index (χ4v) is 5.49. The zero-order valence-electron chi connectivity index (χ0n) is 19.7. The highest BCUT2D eigenvalue weighted by Gasteiger charge is 2.26. The van der Waals surface area contributed by atoms with Gasteiger partial charge in [0.05, 0.1) is 34.6 Å². The van der Waals surface area contributed by atoms with Gasteiger partial charge in [-0.15, -0.1) is 10.2 Å². The minimum absolute atomic E-state index is 0.0164. The van der Waals surface area contributed by atoms with Gasteiger partial charge in [0.2, 0.25) is 11.7 Å². The van der Waals surface area contributed by atoms with Crippen LogP contribution >= 0.6 is 11.8 Å². The Labute approximate surface area is 201 Å². The average Bonchev–Trinajstić information content (AvgIpc) is 3.22. The number of hydrogen-bond acceptors (Lipinski definition) is 6. The fraction of sp³-hybridized carbons (Fsp3) is 0.360. The van der Waals surface area contributed by atoms with E-state index in [1.165, 1.54) is 11.8 Å². The van der Waals surface area contributed by atoms with E-state index in [1.807, 2.05) is 79.5 Å². The highest BCUT2D eigenvalue weighted by molar-refractivity contribution is 7.99. The van der Waals surface area contributed by atoms with Crippen molar-refractivity contribution in [2.75, 3.05) is 18.8 Å². The van der Waals surface area contributed by atoms with Crippen molar-refractivity contribution in [2.24, 2.45) is 0 Å². The number of fused-ring (bicyclic) bond motifs is 3. The summed E-state index contributed by atoms with van der Waals surface area (Å²) in [5.41, 5.74) is 3.43. The molecule has 2 aromatic carbocycles. The maximum absolute atomic E-state index is 13.5. The molecule has 9 heteroatoms. The first-order chi connectivity index (χ1) is 16.3. The number of carbonyl (C=O) groups is 1. The molecule has 34 heavy (non-hydrogen) atoms. The Kier molecular flexibility index (Phi) is 5.91. The summed E-state index contributed by atoms with van der Waals surface area (Å²) >= 11 is 1.33. The second-order valence-corrected chi connectivity index (χ2v) is 9.85. The van der Waals surface area contributed by atoms with E-state index >= 15 is 0 Å². The fourth-order valence-electron chi connectivity index (χ4n) is 4.64. The van der Waals surface area contributed by atoms with E-state index < -0.39 is 0 Å². The summed E-state index contributed by atoms with van der Waals surface area (Å²) < 4.78 is 9.23. The number of benzene rings is 2. The Balaban J connectivity index is 1.58. The predicted octanol–water partition coefficient (Wildman–Crippen LogP) is 3.38. The molecule has 1 aliphatic heterocycles. The molecule has 2 atom stereocenters. The number of aromatic nitrogens is 4. The molecule has 0 N–H and O–H groups in total. The van der Waals surface area contributed by atoms with Gasteiger partial charge in [0.25, 0.3) is 5.56 Å². The molecule has 2 aromatic heterocycles. The summed E-state index contributed by atoms with van der Waals surface area (Å²) in [5, 5.41) is 9.93. The lowest BCUT2D eigenvalue weighted by molar-refractivity contribution is -0.140. The van der Waals surface area contributed by atoms with Crippen molar-refractivity contribution < 1.29 is 9.53 Å². The van der Waals surface area contributed by atoms with Crippen LogP contribution in [0.4, 0.5) is 0 Å². The van der Waals surface area contributed by atoms with E-state index in [1.54, 1.807) is 4.57 Å². The van der Waals surface area contributed by atoms with Gasteiger partial charge < -0.3 is 9.64 Å². The Hall–Kier alpha value is -3.17. The maximum atomic E-state index is 13.5. The summed E-state index contributed by atoms with van der Waals surface area (Å²) in [6, 6.07) is 13.4. The molecule has 0 spiro atoms. The molecule has 3 heterocycles. The highest BCUT2D eigenvalue weighted by atomic mass is 32.2. The van der Waals surface area contributed by atoms with Crippen LogP contribution in [0.25, 0.3) is 22.4 Å². The highest BCUT2D eigenvalue weighted by Crippen LogP contribution is 2.25. The third-order valence-electron chi connectivity index (χ3n) is 6.08. The first-order valence-electron chi connectivity index (χ1n) is 11.4. The van der Waals surface area contributed by atoms with Crippen molar-refractivity contribution in [3.63, 3.8) is 0 Å². The van der Waals surface area contributed by atoms with Crippen LogP contribution in [0, 0.1) is 13.8 Å². The second-order valence-electron chi connectivity index (χ2n) is 8.91. The number of carbonyl (C=O) groups excluding carboxylic acids is 1. The van der Waals surface area contributed by atoms with Gasteiger partial charge in [0, 0.05) is 13.1 Å². The normalized spacial score (nSPS) is 18.6. The van der Waals surface area contributed by atoms with Gasteiger partial charge in [-0.2, -0.15) is 0 Å². The number of amides is 1. The van der Waals surface area contributed by atoms with Crippen molar-refractivity contribution in [1.82, 2.24) is 24.1 Å². The van der Waals surface area contributed by atoms with Crippen molar-refractivity contribution in [1.29, 1.82) is 0 Å². The second kappa shape index (κ2) is 8.88. The number of nitrogens with zero attached hydrogens (tertiary/aromatic N) is 5. The summed E-state index contributed by atoms with van der Waals surface area (Å²) in [4.78, 5) is 28.3. The lowest BCUT2D eigenvalue weighted by Crippen LogP contribution is -2.48. The van der Waals surface area contributed by atoms with Crippen LogP contribution in [0.15, 0.2) is 52.4 Å². The number of rotatable bonds is 4. The molecule has 8 nitrogen and oxygen atoms in total. The molecule has 0 radical (unpaired) electrons. The molecule has 1 fully saturated rings. The molecular weight excluding hydrogens is 450 g/mol. The topological polar surface area (TPSA) is 81.7 Å². The van der Waals surface area contributed by atoms with E-state index in [0.29, 0.717) is 29.4 Å². The number of ether oxygens (including phenoxy) is 1. The van der Waals surface area contributed by atoms with Crippen LogP contribution in [0.1, 0.15) is 25.0 Å². The SMILES string of the molecule is Cc1ccc(-n2c(=O)c3ccccc3n3c(SCC(=O)N4C[C@@H](C)O[C@H](C)C4)nnc23)c(C)c1. The largest absolute Gasteiger partial charge is 0.372 e. The number of hydrogen-bond donors (Lipinski definition) is 0. The molecule has 1 amide bonds. The molecular formula is C25H27N5O3S. The summed E-state index contributed by atoms with van der Waals surface area (Å²) in [6.45, 7) is 9.13. The van der Waals surface area contributed by atoms with Crippen molar-refractivity contribution in [3.8, 4) is 5.69 Å². The minimum Gasteiger partial charge on any atom is -0.372 e. The van der Waals surface area contributed by atoms with Crippen molar-refractivity contribution >= 4 is 34.3 Å². The smallest absolute Gasteiger partial charge is 0.267 e. The maximum Gasteiger partial charge on any atom is 0.267 e. The zero-order valence-corrected chi connectivity index (χ0v) is 20.5. The van der Waals surface area contributed by atoms with Gasteiger partial charge in [0.15, 0.2) is 5.16 Å². The molecule has 1 saturated heterocycles. The predicted molar refractivity (Wildman–Crippen MR) is 133 cm³/mol. The van der Waals surface area contributed by atoms with Crippen LogP contribution < -0.4 is 5.56 Å². The van der Waals surface area contributed by atoms with Gasteiger partial charge in [-0.25, -0.2) is 4.57 Å². The van der Waals surface area contributed by atoms with Crippen LogP contribution in [0.5, 0.6) is 0 Å². The van der Waals surface area contributed by atoms with Gasteiger partial charge in [0.1, 0.15) is 0 Å². The van der Waals surface area contributed by atoms with Crippen molar-refractivity contribution in [3.05, 3.63) is 63.9 Å². The molecule has 0 unspecified atom stereocenters. The minimum atomic E-state index is -0.147. The van der Waals surface area contributed by atoms with E-state index in [-0.39, 0.29) is 29.4 Å². The van der Waals surface area contributed by atoms with Crippen LogP contribution in [-0.2, 0) is 9.53 Å². The summed E-state index contributed by atoms with van der Waals surface area (Å²) in [7, 11) is 0. The number of para-hydroxylation sites is 1. The van der Waals surface area contributed by atoms with E-state index in [0.717, 1.165) is 22.3 Å². The number of morpholine rings is 1. The molecule has 5 rings (SSSR count). The third-order valence-corrected chi connectivity index (χ3v) is 7.00. The zero-order chi connectivity index (χ0) is 24.0. The Morgan fingerprint density at radius 2 is 1.82 bits per heavy atom. The summed E-state index contributed by atoms with van der Waals surface area (Å²) in [5.74, 6) is 0.701. The monoisotopic (exact) mass is 477 g/mol. The Bertz CT molecular complexity index is 1450. The van der Waals surface area contributed by atoms with Crippen molar-refractivity contribution in [2.45, 2.75) is 45.1 Å². The van der Waals surface area contributed by atoms with Gasteiger partial charge in [-0.05, 0) is 51.5 Å². The van der Waals surface area contributed by atoms with Crippen LogP contribution in [-0.4, -0.2) is 61.0 Å². The molecule has 1 aliphatic rings. The Morgan fingerprint density at radius 3 is 2.56 bits per heavy atom. The molecule has 0 aliphatic carbocycles. The van der Waals surface area contributed by atoms with Crippen LogP contribution in [0.3, 0.4) is 0 Å². The van der Waals surface area contributed by atoms with Gasteiger partial charge in [-0.3, -0.25) is 14.0 Å². The molecule has 4 aromatic rings. The van der Waals surface area contributed by atoms with Gasteiger partial charge in [-0.1, -0.05) is 41.6 Å². The van der Waals surface area contributed by atoms with Gasteiger partial charge >= 0.3 is 0 Å². The first kappa shape index (κ1) is 22.6. The molecule has 0 bridgehead atoms. The standard InChI is InChI=1S/C25H27N5O3S/c1-15-9-10-20(16(2)11-15)29-23(32)19-7-5-6-8-21(19)30-24(29)26-27-25(30)34-14-22(31)28-12-17(3)33-18(4)13-28/h5-11,17-18H,12-14H2,1-4H3/t17-,18-/m1/s1. The molecule has 176 valence electrons. The first-order valence-corrected chi connectivity index (χ1v) is 12.3. The Morgan fingerprint density at radius 1 is 1.09 bits per heavy atom. The van der Waals surface area contributed by atoms with E-state index in [2.05, 4.69) is 10.2 Å². The van der Waals surface area contributed by atoms with E-state index in [9.17, 15) is 9.59 Å². The average molecular weight is 478 g/mol. The quantitative estimate of drug-likeness (QED) is 0.419. The molecule has 0 saturated carbocycles. The number of aryl methyl sites for hydroxylation is 2. The lowest BCUT2D eigenvalue weighted by Gasteiger charge is -2.35. The number of thioether (sulfide) groups is 1. The lowest BCUT2D eigenvalue weighted by atomic mass is 10.1. The van der Waals surface area contributed by atoms with E-state index in [4.69, 9.17) is 4.74 Å². The third kappa shape index (κ3) is 3.99. The summed E-state index contributed by atoms with van der Waals surface area (Å²) in [6.07, 6.45) is 0.0329.